The fourth-order valence-electron chi connectivity index (χ4n) is 2.85. The van der Waals surface area contributed by atoms with Crippen LogP contribution in [-0.2, 0) is 19.5 Å². The van der Waals surface area contributed by atoms with Crippen molar-refractivity contribution in [2.24, 2.45) is 0 Å². The first-order chi connectivity index (χ1) is 9.35. The smallest absolute Gasteiger partial charge is 0.118 e. The van der Waals surface area contributed by atoms with E-state index in [1.54, 1.807) is 0 Å². The Balaban J connectivity index is 1.62. The Hall–Kier alpha value is -1.55. The fraction of sp³-hybridized carbons (Fsp3) is 0.533. The molecule has 102 valence electrons. The molecule has 0 spiro atoms. The van der Waals surface area contributed by atoms with Crippen molar-refractivity contribution >= 4 is 0 Å². The van der Waals surface area contributed by atoms with E-state index in [1.165, 1.54) is 19.4 Å². The van der Waals surface area contributed by atoms with Gasteiger partial charge in [-0.25, -0.2) is 4.98 Å². The van der Waals surface area contributed by atoms with Crippen LogP contribution in [0.1, 0.15) is 31.3 Å². The normalized spacial score (nSPS) is 20.2. The van der Waals surface area contributed by atoms with Gasteiger partial charge in [-0.2, -0.15) is 0 Å². The molecule has 2 aromatic heterocycles. The highest BCUT2D eigenvalue weighted by atomic mass is 16.3. The molecule has 0 aromatic carbocycles. The average molecular weight is 259 g/mol. The van der Waals surface area contributed by atoms with Gasteiger partial charge in [-0.1, -0.05) is 6.92 Å². The van der Waals surface area contributed by atoms with Crippen molar-refractivity contribution in [3.63, 3.8) is 0 Å². The van der Waals surface area contributed by atoms with Crippen molar-refractivity contribution in [3.8, 4) is 0 Å². The maximum absolute atomic E-state index is 5.82. The minimum atomic E-state index is 0.601. The van der Waals surface area contributed by atoms with Crippen molar-refractivity contribution in [1.82, 2.24) is 14.5 Å². The quantitative estimate of drug-likeness (QED) is 0.828. The fourth-order valence-corrected chi connectivity index (χ4v) is 2.85. The Morgan fingerprint density at radius 2 is 2.26 bits per heavy atom. The van der Waals surface area contributed by atoms with Gasteiger partial charge in [0.2, 0.25) is 0 Å². The Bertz CT molecular complexity index is 503. The first-order valence-corrected chi connectivity index (χ1v) is 7.12. The predicted molar refractivity (Wildman–Crippen MR) is 73.7 cm³/mol. The van der Waals surface area contributed by atoms with Crippen LogP contribution in [0, 0.1) is 0 Å². The van der Waals surface area contributed by atoms with E-state index in [0.717, 1.165) is 31.0 Å². The van der Waals surface area contributed by atoms with Crippen molar-refractivity contribution in [2.75, 3.05) is 6.54 Å². The number of rotatable bonds is 5. The Morgan fingerprint density at radius 1 is 1.37 bits per heavy atom. The van der Waals surface area contributed by atoms with Gasteiger partial charge in [-0.3, -0.25) is 4.90 Å². The van der Waals surface area contributed by atoms with Gasteiger partial charge in [-0.05, 0) is 31.5 Å². The van der Waals surface area contributed by atoms with Crippen molar-refractivity contribution in [3.05, 3.63) is 42.4 Å². The lowest BCUT2D eigenvalue weighted by Gasteiger charge is -2.23. The molecule has 0 unspecified atom stereocenters. The van der Waals surface area contributed by atoms with E-state index in [9.17, 15) is 0 Å². The summed E-state index contributed by atoms with van der Waals surface area (Å²) in [5, 5.41) is 0. The van der Waals surface area contributed by atoms with E-state index in [4.69, 9.17) is 4.42 Å². The van der Waals surface area contributed by atoms with Crippen LogP contribution < -0.4 is 0 Å². The number of aromatic nitrogens is 2. The summed E-state index contributed by atoms with van der Waals surface area (Å²) in [6.45, 7) is 5.25. The number of furan rings is 1. The summed E-state index contributed by atoms with van der Waals surface area (Å²) < 4.78 is 7.99. The van der Waals surface area contributed by atoms with Crippen LogP contribution >= 0.6 is 0 Å². The molecule has 1 aliphatic rings. The lowest BCUT2D eigenvalue weighted by atomic mass is 10.2. The Morgan fingerprint density at radius 3 is 3.00 bits per heavy atom. The lowest BCUT2D eigenvalue weighted by molar-refractivity contribution is 0.206. The lowest BCUT2D eigenvalue weighted by Crippen LogP contribution is -2.32. The third-order valence-corrected chi connectivity index (χ3v) is 3.90. The molecule has 4 nitrogen and oxygen atoms in total. The van der Waals surface area contributed by atoms with E-state index >= 15 is 0 Å². The second-order valence-corrected chi connectivity index (χ2v) is 5.25. The first-order valence-electron chi connectivity index (χ1n) is 7.12. The zero-order chi connectivity index (χ0) is 13.1. The zero-order valence-electron chi connectivity index (χ0n) is 11.5. The summed E-state index contributed by atoms with van der Waals surface area (Å²) in [6, 6.07) is 4.81. The van der Waals surface area contributed by atoms with Crippen LogP contribution in [-0.4, -0.2) is 27.0 Å². The number of aryl methyl sites for hydroxylation is 1. The van der Waals surface area contributed by atoms with Crippen molar-refractivity contribution in [2.45, 2.75) is 45.3 Å². The van der Waals surface area contributed by atoms with Crippen LogP contribution in [0.25, 0.3) is 0 Å². The van der Waals surface area contributed by atoms with Gasteiger partial charge in [0.05, 0.1) is 12.9 Å². The zero-order valence-corrected chi connectivity index (χ0v) is 11.5. The third kappa shape index (κ3) is 2.89. The molecule has 1 aliphatic heterocycles. The highest BCUT2D eigenvalue weighted by Crippen LogP contribution is 2.22. The van der Waals surface area contributed by atoms with Crippen LogP contribution in [0.4, 0.5) is 0 Å². The molecule has 1 atom stereocenters. The molecule has 0 saturated carbocycles. The van der Waals surface area contributed by atoms with Crippen LogP contribution in [0.3, 0.4) is 0 Å². The van der Waals surface area contributed by atoms with Gasteiger partial charge in [0.15, 0.2) is 0 Å². The maximum atomic E-state index is 5.82. The van der Waals surface area contributed by atoms with E-state index in [0.29, 0.717) is 6.04 Å². The highest BCUT2D eigenvalue weighted by Gasteiger charge is 2.25. The summed E-state index contributed by atoms with van der Waals surface area (Å²) in [4.78, 5) is 6.64. The largest absolute Gasteiger partial charge is 0.465 e. The molecule has 19 heavy (non-hydrogen) atoms. The molecular weight excluding hydrogens is 238 g/mol. The molecule has 4 heteroatoms. The highest BCUT2D eigenvalue weighted by molar-refractivity contribution is 5.07. The summed E-state index contributed by atoms with van der Waals surface area (Å²) >= 11 is 0. The van der Waals surface area contributed by atoms with E-state index in [2.05, 4.69) is 33.5 Å². The molecular formula is C15H21N3O. The maximum Gasteiger partial charge on any atom is 0.118 e. The van der Waals surface area contributed by atoms with E-state index in [1.807, 2.05) is 18.7 Å². The summed E-state index contributed by atoms with van der Waals surface area (Å²) in [7, 11) is 0. The van der Waals surface area contributed by atoms with Crippen LogP contribution in [0.5, 0.6) is 0 Å². The predicted octanol–water partition coefficient (Wildman–Crippen LogP) is 2.70. The average Bonchev–Trinajstić information content (AvgIpc) is 3.14. The molecule has 0 N–H and O–H groups in total. The Kier molecular flexibility index (Phi) is 3.69. The Labute approximate surface area is 114 Å². The molecule has 0 bridgehead atoms. The van der Waals surface area contributed by atoms with Crippen molar-refractivity contribution in [1.29, 1.82) is 0 Å². The molecule has 3 heterocycles. The summed E-state index contributed by atoms with van der Waals surface area (Å²) in [5.41, 5.74) is 0. The molecule has 0 radical (unpaired) electrons. The van der Waals surface area contributed by atoms with Gasteiger partial charge in [0.25, 0.3) is 0 Å². The van der Waals surface area contributed by atoms with Gasteiger partial charge in [0.1, 0.15) is 11.5 Å². The van der Waals surface area contributed by atoms with Crippen molar-refractivity contribution < 1.29 is 4.42 Å². The molecule has 1 fully saturated rings. The number of nitrogens with zero attached hydrogens (tertiary/aromatic N) is 3. The first kappa shape index (κ1) is 12.5. The molecule has 3 rings (SSSR count). The van der Waals surface area contributed by atoms with E-state index in [-0.39, 0.29) is 0 Å². The summed E-state index contributed by atoms with van der Waals surface area (Å²) in [6.07, 6.45) is 9.30. The van der Waals surface area contributed by atoms with Gasteiger partial charge < -0.3 is 8.98 Å². The monoisotopic (exact) mass is 259 g/mol. The molecule has 2 aromatic rings. The number of hydrogen-bond acceptors (Lipinski definition) is 3. The minimum absolute atomic E-state index is 0.601. The van der Waals surface area contributed by atoms with Crippen LogP contribution in [0.15, 0.2) is 35.3 Å². The van der Waals surface area contributed by atoms with Crippen LogP contribution in [0.2, 0.25) is 0 Å². The minimum Gasteiger partial charge on any atom is -0.465 e. The number of likely N-dealkylation sites (tertiary alicyclic amines) is 1. The van der Waals surface area contributed by atoms with E-state index < -0.39 is 0 Å². The third-order valence-electron chi connectivity index (χ3n) is 3.90. The molecule has 0 aliphatic carbocycles. The van der Waals surface area contributed by atoms with Gasteiger partial charge in [-0.15, -0.1) is 0 Å². The topological polar surface area (TPSA) is 34.2 Å². The summed E-state index contributed by atoms with van der Waals surface area (Å²) in [5.74, 6) is 2.18. The molecule has 1 saturated heterocycles. The second kappa shape index (κ2) is 5.61. The van der Waals surface area contributed by atoms with Gasteiger partial charge >= 0.3 is 0 Å². The standard InChI is InChI=1S/C15H21N3O/c1-2-14-5-6-15(19-14)11-18-8-3-4-13(18)10-17-9-7-16-12-17/h5-7,9,12-13H,2-4,8,10-11H2,1H3/t13-/m0/s1. The number of imidazole rings is 1. The second-order valence-electron chi connectivity index (χ2n) is 5.25. The van der Waals surface area contributed by atoms with Gasteiger partial charge in [0, 0.05) is 31.4 Å². The molecule has 0 amide bonds. The SMILES string of the molecule is CCc1ccc(CN2CCC[C@H]2Cn2ccnc2)o1. The number of hydrogen-bond donors (Lipinski definition) is 0.